The Morgan fingerprint density at radius 1 is 1.29 bits per heavy atom. The van der Waals surface area contributed by atoms with Gasteiger partial charge in [0.1, 0.15) is 0 Å². The van der Waals surface area contributed by atoms with E-state index in [0.717, 1.165) is 24.9 Å². The minimum Gasteiger partial charge on any atom is -0.419 e. The van der Waals surface area contributed by atoms with Gasteiger partial charge in [0.05, 0.1) is 23.3 Å². The summed E-state index contributed by atoms with van der Waals surface area (Å²) in [5.74, 6) is 1.08. The fraction of sp³-hybridized carbons (Fsp3) is 0.353. The lowest BCUT2D eigenvalue weighted by atomic mass is 10.1. The minimum atomic E-state index is 0.356. The van der Waals surface area contributed by atoms with Gasteiger partial charge in [-0.25, -0.2) is 0 Å². The zero-order chi connectivity index (χ0) is 16.5. The van der Waals surface area contributed by atoms with Crippen LogP contribution >= 0.6 is 11.6 Å². The maximum atomic E-state index is 6.20. The highest BCUT2D eigenvalue weighted by atomic mass is 35.5. The van der Waals surface area contributed by atoms with Crippen LogP contribution in [0.1, 0.15) is 30.3 Å². The van der Waals surface area contributed by atoms with Gasteiger partial charge >= 0.3 is 0 Å². The first-order valence-electron chi connectivity index (χ1n) is 8.00. The molecule has 0 aliphatic carbocycles. The Kier molecular flexibility index (Phi) is 4.08. The first-order valence-corrected chi connectivity index (χ1v) is 8.38. The van der Waals surface area contributed by atoms with Crippen molar-refractivity contribution >= 4 is 11.6 Å². The molecule has 1 aliphatic rings. The predicted octanol–water partition coefficient (Wildman–Crippen LogP) is 3.46. The average molecular weight is 344 g/mol. The van der Waals surface area contributed by atoms with Gasteiger partial charge in [0, 0.05) is 24.8 Å². The van der Waals surface area contributed by atoms with E-state index in [4.69, 9.17) is 16.0 Å². The second-order valence-corrected chi connectivity index (χ2v) is 6.46. The fourth-order valence-electron chi connectivity index (χ4n) is 3.24. The van der Waals surface area contributed by atoms with Crippen LogP contribution in [-0.4, -0.2) is 31.4 Å². The van der Waals surface area contributed by atoms with E-state index in [0.29, 0.717) is 29.4 Å². The molecule has 2 aromatic heterocycles. The molecule has 1 unspecified atom stereocenters. The molecule has 6 nitrogen and oxygen atoms in total. The number of hydrogen-bond acceptors (Lipinski definition) is 5. The molecule has 4 rings (SSSR count). The second kappa shape index (κ2) is 6.37. The number of rotatable bonds is 4. The van der Waals surface area contributed by atoms with Gasteiger partial charge in [0.25, 0.3) is 0 Å². The summed E-state index contributed by atoms with van der Waals surface area (Å²) in [5.41, 5.74) is 2.00. The second-order valence-electron chi connectivity index (χ2n) is 6.06. The van der Waals surface area contributed by atoms with E-state index in [1.54, 1.807) is 0 Å². The molecule has 7 heteroatoms. The number of likely N-dealkylation sites (tertiary alicyclic amines) is 1. The predicted molar refractivity (Wildman–Crippen MR) is 90.3 cm³/mol. The molecule has 124 valence electrons. The molecule has 0 bridgehead atoms. The van der Waals surface area contributed by atoms with E-state index < -0.39 is 0 Å². The summed E-state index contributed by atoms with van der Waals surface area (Å²) in [4.78, 5) is 2.36. The molecule has 1 atom stereocenters. The third kappa shape index (κ3) is 2.95. The first kappa shape index (κ1) is 15.4. The minimum absolute atomic E-state index is 0.356. The maximum absolute atomic E-state index is 6.20. The standard InChI is InChI=1S/C17H18ClN5O/c1-22-10-12(9-19-22)15-7-4-8-23(15)11-16-20-21-17(24-16)13-5-2-3-6-14(13)18/h2-3,5-6,9-10,15H,4,7-8,11H2,1H3. The van der Waals surface area contributed by atoms with Crippen molar-refractivity contribution in [3.63, 3.8) is 0 Å². The maximum Gasteiger partial charge on any atom is 0.249 e. The smallest absolute Gasteiger partial charge is 0.249 e. The van der Waals surface area contributed by atoms with Crippen molar-refractivity contribution in [2.75, 3.05) is 6.54 Å². The summed E-state index contributed by atoms with van der Waals surface area (Å²) in [6.07, 6.45) is 6.29. The van der Waals surface area contributed by atoms with E-state index in [9.17, 15) is 0 Å². The third-order valence-electron chi connectivity index (χ3n) is 4.38. The van der Waals surface area contributed by atoms with Crippen molar-refractivity contribution < 1.29 is 4.42 Å². The lowest BCUT2D eigenvalue weighted by Crippen LogP contribution is -2.22. The molecule has 3 aromatic rings. The highest BCUT2D eigenvalue weighted by Crippen LogP contribution is 2.33. The zero-order valence-corrected chi connectivity index (χ0v) is 14.1. The van der Waals surface area contributed by atoms with Gasteiger partial charge in [-0.1, -0.05) is 23.7 Å². The van der Waals surface area contributed by atoms with Crippen LogP contribution in [-0.2, 0) is 13.6 Å². The van der Waals surface area contributed by atoms with Crippen LogP contribution in [0.25, 0.3) is 11.5 Å². The monoisotopic (exact) mass is 343 g/mol. The number of aryl methyl sites for hydroxylation is 1. The van der Waals surface area contributed by atoms with Gasteiger partial charge in [0.15, 0.2) is 0 Å². The van der Waals surface area contributed by atoms with Crippen LogP contribution in [0.15, 0.2) is 41.1 Å². The van der Waals surface area contributed by atoms with Crippen LogP contribution in [0.4, 0.5) is 0 Å². The van der Waals surface area contributed by atoms with E-state index in [1.807, 2.05) is 42.2 Å². The Morgan fingerprint density at radius 3 is 2.96 bits per heavy atom. The summed E-state index contributed by atoms with van der Waals surface area (Å²) in [5, 5.41) is 13.2. The SMILES string of the molecule is Cn1cc(C2CCCN2Cc2nnc(-c3ccccc3Cl)o2)cn1. The van der Waals surface area contributed by atoms with Crippen molar-refractivity contribution in [3.05, 3.63) is 53.1 Å². The Morgan fingerprint density at radius 2 is 2.17 bits per heavy atom. The number of halogens is 1. The van der Waals surface area contributed by atoms with Crippen LogP contribution in [0.3, 0.4) is 0 Å². The molecule has 1 fully saturated rings. The largest absolute Gasteiger partial charge is 0.419 e. The van der Waals surface area contributed by atoms with E-state index in [-0.39, 0.29) is 0 Å². The van der Waals surface area contributed by atoms with E-state index in [1.165, 1.54) is 5.56 Å². The molecule has 0 spiro atoms. The number of benzene rings is 1. The Labute approximate surface area is 145 Å². The number of aromatic nitrogens is 4. The van der Waals surface area contributed by atoms with Crippen LogP contribution in [0, 0.1) is 0 Å². The van der Waals surface area contributed by atoms with Gasteiger partial charge < -0.3 is 4.42 Å². The Hall–Kier alpha value is -2.18. The topological polar surface area (TPSA) is 60.0 Å². The lowest BCUT2D eigenvalue weighted by molar-refractivity contribution is 0.224. The molecular formula is C17H18ClN5O. The number of nitrogens with zero attached hydrogens (tertiary/aromatic N) is 5. The van der Waals surface area contributed by atoms with Gasteiger partial charge in [-0.15, -0.1) is 10.2 Å². The average Bonchev–Trinajstić information content (AvgIpc) is 3.29. The summed E-state index contributed by atoms with van der Waals surface area (Å²) in [7, 11) is 1.94. The molecule has 24 heavy (non-hydrogen) atoms. The van der Waals surface area contributed by atoms with Crippen LogP contribution in [0.5, 0.6) is 0 Å². The Balaban J connectivity index is 1.52. The number of hydrogen-bond donors (Lipinski definition) is 0. The molecule has 0 radical (unpaired) electrons. The molecule has 3 heterocycles. The van der Waals surface area contributed by atoms with Crippen molar-refractivity contribution in [3.8, 4) is 11.5 Å². The van der Waals surface area contributed by atoms with Crippen molar-refractivity contribution in [1.82, 2.24) is 24.9 Å². The van der Waals surface area contributed by atoms with Crippen LogP contribution in [0.2, 0.25) is 5.02 Å². The normalized spacial score (nSPS) is 18.3. The highest BCUT2D eigenvalue weighted by Gasteiger charge is 2.28. The summed E-state index contributed by atoms with van der Waals surface area (Å²) >= 11 is 6.20. The van der Waals surface area contributed by atoms with E-state index >= 15 is 0 Å². The molecule has 0 N–H and O–H groups in total. The van der Waals surface area contributed by atoms with Gasteiger partial charge in [-0.3, -0.25) is 9.58 Å². The molecule has 1 aromatic carbocycles. The molecule has 0 amide bonds. The molecule has 0 saturated carbocycles. The highest BCUT2D eigenvalue weighted by molar-refractivity contribution is 6.33. The van der Waals surface area contributed by atoms with Gasteiger partial charge in [-0.05, 0) is 31.5 Å². The Bertz CT molecular complexity index is 843. The molecule has 1 saturated heterocycles. The van der Waals surface area contributed by atoms with Gasteiger partial charge in [-0.2, -0.15) is 5.10 Å². The quantitative estimate of drug-likeness (QED) is 0.726. The summed E-state index contributed by atoms with van der Waals surface area (Å²) in [6, 6.07) is 7.85. The summed E-state index contributed by atoms with van der Waals surface area (Å²) < 4.78 is 7.67. The molecule has 1 aliphatic heterocycles. The van der Waals surface area contributed by atoms with Crippen LogP contribution < -0.4 is 0 Å². The van der Waals surface area contributed by atoms with E-state index in [2.05, 4.69) is 26.4 Å². The first-order chi connectivity index (χ1) is 11.7. The lowest BCUT2D eigenvalue weighted by Gasteiger charge is -2.21. The zero-order valence-electron chi connectivity index (χ0n) is 13.4. The van der Waals surface area contributed by atoms with Crippen molar-refractivity contribution in [1.29, 1.82) is 0 Å². The summed E-state index contributed by atoms with van der Waals surface area (Å²) in [6.45, 7) is 1.65. The van der Waals surface area contributed by atoms with Crippen molar-refractivity contribution in [2.24, 2.45) is 7.05 Å². The fourth-order valence-corrected chi connectivity index (χ4v) is 3.46. The molecular weight excluding hydrogens is 326 g/mol. The van der Waals surface area contributed by atoms with Crippen molar-refractivity contribution in [2.45, 2.75) is 25.4 Å². The van der Waals surface area contributed by atoms with Gasteiger partial charge in [0.2, 0.25) is 11.8 Å². The third-order valence-corrected chi connectivity index (χ3v) is 4.71.